The monoisotopic (exact) mass is 703 g/mol. The van der Waals surface area contributed by atoms with E-state index < -0.39 is 76.1 Å². The number of esters is 1. The lowest BCUT2D eigenvalue weighted by atomic mass is 9.91. The number of hydrogen-bond donors (Lipinski definition) is 2. The minimum Gasteiger partial charge on any atom is -0.415 e. The number of rotatable bonds is 13. The molecule has 1 unspecified atom stereocenters. The second-order valence-corrected chi connectivity index (χ2v) is 13.6. The summed E-state index contributed by atoms with van der Waals surface area (Å²) in [5, 5.41) is 7.05. The van der Waals surface area contributed by atoms with Crippen LogP contribution in [-0.2, 0) is 14.4 Å². The number of carbonyl (C=O) groups is 4. The Morgan fingerprint density at radius 1 is 1.04 bits per heavy atom. The van der Waals surface area contributed by atoms with E-state index in [0.29, 0.717) is 12.8 Å². The number of nitrogens with zero attached hydrogens (tertiary/aromatic N) is 3. The zero-order valence-corrected chi connectivity index (χ0v) is 29.0. The fourth-order valence-electron chi connectivity index (χ4n) is 5.69. The molecule has 0 saturated carbocycles. The van der Waals surface area contributed by atoms with E-state index in [-0.39, 0.29) is 35.1 Å². The Morgan fingerprint density at radius 3 is 2.12 bits per heavy atom. The Hall–Kier alpha value is -3.66. The third kappa shape index (κ3) is 8.13. The van der Waals surface area contributed by atoms with Crippen molar-refractivity contribution in [2.24, 2.45) is 11.8 Å². The number of benzene rings is 1. The molecule has 0 radical (unpaired) electrons. The molecule has 266 valence electrons. The molecule has 1 aliphatic rings. The third-order valence-electron chi connectivity index (χ3n) is 9.12. The minimum atomic E-state index is -2.41. The van der Waals surface area contributed by atoms with Gasteiger partial charge in [-0.15, -0.1) is 11.3 Å². The number of hydrogen-bond acceptors (Lipinski definition) is 8. The number of nitrogens with one attached hydrogen (secondary N) is 2. The van der Waals surface area contributed by atoms with Crippen LogP contribution in [0, 0.1) is 40.9 Å². The topological polar surface area (TPSA) is 121 Å². The molecule has 5 atom stereocenters. The van der Waals surface area contributed by atoms with Gasteiger partial charge in [0.05, 0.1) is 11.6 Å². The van der Waals surface area contributed by atoms with E-state index in [9.17, 15) is 41.1 Å². The van der Waals surface area contributed by atoms with E-state index in [2.05, 4.69) is 20.4 Å². The SMILES string of the molecule is CC[C@H](C)[C@H](NC(=O)[C@@]1(C)CCCN1C)C(=O)N(C)[C@H](CC(NC(C)=O)c1nc(C(=O)Oc2c(F)c(F)c(F)c(F)c2F)cs1)C(C)C. The van der Waals surface area contributed by atoms with E-state index in [1.807, 2.05) is 46.6 Å². The molecule has 1 aromatic heterocycles. The number of amides is 3. The molecule has 0 spiro atoms. The Kier molecular flexibility index (Phi) is 12.7. The van der Waals surface area contributed by atoms with Crippen LogP contribution in [0.2, 0.25) is 0 Å². The van der Waals surface area contributed by atoms with Crippen LogP contribution in [0.5, 0.6) is 5.75 Å². The summed E-state index contributed by atoms with van der Waals surface area (Å²) in [6.07, 6.45) is 2.24. The Morgan fingerprint density at radius 2 is 1.62 bits per heavy atom. The van der Waals surface area contributed by atoms with Crippen molar-refractivity contribution < 1.29 is 45.9 Å². The number of aromatic nitrogens is 1. The molecule has 16 heteroatoms. The van der Waals surface area contributed by atoms with Crippen LogP contribution in [0.25, 0.3) is 0 Å². The minimum absolute atomic E-state index is 0.112. The van der Waals surface area contributed by atoms with Gasteiger partial charge in [0.2, 0.25) is 52.6 Å². The quantitative estimate of drug-likeness (QED) is 0.0977. The van der Waals surface area contributed by atoms with Gasteiger partial charge < -0.3 is 20.3 Å². The lowest BCUT2D eigenvalue weighted by molar-refractivity contribution is -0.142. The van der Waals surface area contributed by atoms with Gasteiger partial charge in [-0.25, -0.2) is 22.9 Å². The summed E-state index contributed by atoms with van der Waals surface area (Å²) in [6, 6.07) is -2.22. The number of likely N-dealkylation sites (N-methyl/N-ethyl adjacent to an activating group) is 2. The van der Waals surface area contributed by atoms with Crippen molar-refractivity contribution in [1.29, 1.82) is 0 Å². The number of thiazole rings is 1. The molecule has 0 bridgehead atoms. The Balaban J connectivity index is 1.87. The average molecular weight is 704 g/mol. The average Bonchev–Trinajstić information content (AvgIpc) is 3.67. The smallest absolute Gasteiger partial charge is 0.363 e. The van der Waals surface area contributed by atoms with Gasteiger partial charge in [0.25, 0.3) is 0 Å². The highest BCUT2D eigenvalue weighted by atomic mass is 32.1. The fourth-order valence-corrected chi connectivity index (χ4v) is 6.55. The number of carbonyl (C=O) groups excluding carboxylic acids is 4. The molecule has 1 aromatic carbocycles. The predicted molar refractivity (Wildman–Crippen MR) is 168 cm³/mol. The molecule has 1 aliphatic heterocycles. The summed E-state index contributed by atoms with van der Waals surface area (Å²) in [6.45, 7) is 11.4. The van der Waals surface area contributed by atoms with E-state index in [4.69, 9.17) is 0 Å². The van der Waals surface area contributed by atoms with Gasteiger partial charge in [0.1, 0.15) is 11.0 Å². The van der Waals surface area contributed by atoms with Gasteiger partial charge in [0, 0.05) is 25.4 Å². The fraction of sp³-hybridized carbons (Fsp3) is 0.594. The van der Waals surface area contributed by atoms with Crippen molar-refractivity contribution in [3.8, 4) is 5.75 Å². The molecule has 0 aliphatic carbocycles. The largest absolute Gasteiger partial charge is 0.415 e. The zero-order chi connectivity index (χ0) is 36.2. The maximum Gasteiger partial charge on any atom is 0.363 e. The standard InChI is InChI=1S/C32H42F5N5O5S/c1-9-16(4)26(40-31(46)32(6)11-10-12-41(32)7)29(44)42(8)20(15(2)3)13-18(38-17(5)43)28-39-19(14-48-28)30(45)47-27-24(36)22(34)21(33)23(35)25(27)37/h14-16,18,20,26H,9-13H2,1-8H3,(H,38,43)(H,40,46)/t16-,18?,20+,26-,32+/m0/s1. The molecule has 48 heavy (non-hydrogen) atoms. The maximum atomic E-state index is 14.1. The molecule has 10 nitrogen and oxygen atoms in total. The van der Waals surface area contributed by atoms with Crippen molar-refractivity contribution in [3.05, 3.63) is 45.2 Å². The number of ether oxygens (including phenoxy) is 1. The van der Waals surface area contributed by atoms with E-state index in [0.717, 1.165) is 29.7 Å². The van der Waals surface area contributed by atoms with Crippen molar-refractivity contribution in [2.45, 2.75) is 90.9 Å². The second-order valence-electron chi connectivity index (χ2n) is 12.7. The van der Waals surface area contributed by atoms with Gasteiger partial charge in [-0.05, 0) is 51.6 Å². The van der Waals surface area contributed by atoms with Crippen molar-refractivity contribution in [1.82, 2.24) is 25.4 Å². The Labute approximate surface area is 280 Å². The normalized spacial score (nSPS) is 19.0. The lowest BCUT2D eigenvalue weighted by Crippen LogP contribution is -2.60. The van der Waals surface area contributed by atoms with Gasteiger partial charge in [0.15, 0.2) is 5.69 Å². The highest BCUT2D eigenvalue weighted by Crippen LogP contribution is 2.32. The van der Waals surface area contributed by atoms with Gasteiger partial charge in [-0.1, -0.05) is 34.1 Å². The first-order valence-corrected chi connectivity index (χ1v) is 16.5. The highest BCUT2D eigenvalue weighted by Gasteiger charge is 2.44. The van der Waals surface area contributed by atoms with Crippen LogP contribution in [0.1, 0.15) is 88.8 Å². The van der Waals surface area contributed by atoms with E-state index >= 15 is 0 Å². The lowest BCUT2D eigenvalue weighted by Gasteiger charge is -2.38. The van der Waals surface area contributed by atoms with Crippen LogP contribution in [0.3, 0.4) is 0 Å². The molecule has 1 saturated heterocycles. The van der Waals surface area contributed by atoms with Crippen molar-refractivity contribution in [2.75, 3.05) is 20.6 Å². The van der Waals surface area contributed by atoms with Gasteiger partial charge in [-0.2, -0.15) is 8.78 Å². The summed E-state index contributed by atoms with van der Waals surface area (Å²) in [5.41, 5.74) is -1.26. The maximum absolute atomic E-state index is 14.1. The molecule has 2 aromatic rings. The number of halogens is 5. The summed E-state index contributed by atoms with van der Waals surface area (Å²) >= 11 is 0.879. The highest BCUT2D eigenvalue weighted by molar-refractivity contribution is 7.09. The number of likely N-dealkylation sites (tertiary alicyclic amines) is 1. The summed E-state index contributed by atoms with van der Waals surface area (Å²) < 4.78 is 73.4. The van der Waals surface area contributed by atoms with Crippen LogP contribution in [0.4, 0.5) is 22.0 Å². The molecule has 3 amide bonds. The predicted octanol–water partition coefficient (Wildman–Crippen LogP) is 5.12. The second kappa shape index (κ2) is 15.7. The molecule has 1 fully saturated rings. The third-order valence-corrected chi connectivity index (χ3v) is 10.1. The van der Waals surface area contributed by atoms with Crippen LogP contribution >= 0.6 is 11.3 Å². The van der Waals surface area contributed by atoms with Crippen molar-refractivity contribution >= 4 is 35.0 Å². The van der Waals surface area contributed by atoms with E-state index in [1.54, 1.807) is 7.05 Å². The van der Waals surface area contributed by atoms with E-state index in [1.165, 1.54) is 11.8 Å². The summed E-state index contributed by atoms with van der Waals surface area (Å²) in [7, 11) is 3.48. The molecule has 2 heterocycles. The van der Waals surface area contributed by atoms with Crippen LogP contribution in [-0.4, -0.2) is 76.7 Å². The Bertz CT molecular complexity index is 1510. The van der Waals surface area contributed by atoms with Crippen molar-refractivity contribution in [3.63, 3.8) is 0 Å². The zero-order valence-electron chi connectivity index (χ0n) is 28.2. The van der Waals surface area contributed by atoms with Gasteiger partial charge >= 0.3 is 5.97 Å². The first-order valence-electron chi connectivity index (χ1n) is 15.6. The summed E-state index contributed by atoms with van der Waals surface area (Å²) in [4.78, 5) is 60.1. The molecular formula is C32H42F5N5O5S. The van der Waals surface area contributed by atoms with Crippen LogP contribution < -0.4 is 15.4 Å². The van der Waals surface area contributed by atoms with Gasteiger partial charge in [-0.3, -0.25) is 19.3 Å². The molecular weight excluding hydrogens is 661 g/mol. The first-order chi connectivity index (χ1) is 22.3. The summed E-state index contributed by atoms with van der Waals surface area (Å²) in [5.74, 6) is -16.3. The van der Waals surface area contributed by atoms with Crippen LogP contribution in [0.15, 0.2) is 5.38 Å². The first kappa shape index (κ1) is 38.8. The molecule has 3 rings (SSSR count). The molecule has 2 N–H and O–H groups in total.